The molecule has 0 saturated heterocycles. The van der Waals surface area contributed by atoms with E-state index in [9.17, 15) is 19.7 Å². The first-order chi connectivity index (χ1) is 14.3. The molecule has 0 unspecified atom stereocenters. The molecule has 0 aliphatic heterocycles. The highest BCUT2D eigenvalue weighted by atomic mass is 35.5. The lowest BCUT2D eigenvalue weighted by atomic mass is 10.2. The Labute approximate surface area is 178 Å². The van der Waals surface area contributed by atoms with E-state index in [-0.39, 0.29) is 33.5 Å². The topological polar surface area (TPSA) is 117 Å². The van der Waals surface area contributed by atoms with E-state index in [1.54, 1.807) is 0 Å². The molecule has 0 radical (unpaired) electrons. The molecule has 160 valence electrons. The largest absolute Gasteiger partial charge is 0.493 e. The number of nitro groups is 1. The van der Waals surface area contributed by atoms with Gasteiger partial charge in [-0.15, -0.1) is 0 Å². The third-order valence-electron chi connectivity index (χ3n) is 3.92. The van der Waals surface area contributed by atoms with Crippen LogP contribution in [0.2, 0.25) is 5.02 Å². The van der Waals surface area contributed by atoms with E-state index in [2.05, 4.69) is 5.32 Å². The lowest BCUT2D eigenvalue weighted by Crippen LogP contribution is -2.29. The van der Waals surface area contributed by atoms with Gasteiger partial charge in [-0.2, -0.15) is 0 Å². The third kappa shape index (κ3) is 6.35. The van der Waals surface area contributed by atoms with Crippen molar-refractivity contribution in [2.24, 2.45) is 0 Å². The number of methoxy groups -OCH3 is 1. The summed E-state index contributed by atoms with van der Waals surface area (Å²) in [5, 5.41) is 14.0. The van der Waals surface area contributed by atoms with Crippen molar-refractivity contribution in [1.29, 1.82) is 0 Å². The normalized spacial score (nSPS) is 10.2. The minimum absolute atomic E-state index is 0.0400. The fourth-order valence-corrected chi connectivity index (χ4v) is 2.55. The molecular formula is C20H21ClN2O7. The highest BCUT2D eigenvalue weighted by molar-refractivity contribution is 6.30. The monoisotopic (exact) mass is 436 g/mol. The van der Waals surface area contributed by atoms with Crippen LogP contribution in [-0.4, -0.2) is 37.1 Å². The first kappa shape index (κ1) is 23.0. The summed E-state index contributed by atoms with van der Waals surface area (Å²) in [6.07, 6.45) is 1.78. The maximum absolute atomic E-state index is 12.2. The van der Waals surface area contributed by atoms with Gasteiger partial charge in [0.25, 0.3) is 5.91 Å². The van der Waals surface area contributed by atoms with Crippen molar-refractivity contribution in [2.75, 3.05) is 20.3 Å². The maximum Gasteiger partial charge on any atom is 0.338 e. The van der Waals surface area contributed by atoms with Crippen molar-refractivity contribution >= 4 is 29.2 Å². The number of esters is 1. The van der Waals surface area contributed by atoms with Crippen LogP contribution in [0.1, 0.15) is 30.1 Å². The number of ether oxygens (including phenoxy) is 3. The first-order valence-electron chi connectivity index (χ1n) is 9.09. The van der Waals surface area contributed by atoms with Crippen LogP contribution < -0.4 is 14.8 Å². The van der Waals surface area contributed by atoms with Gasteiger partial charge in [0.2, 0.25) is 5.75 Å². The molecule has 0 aromatic heterocycles. The second kappa shape index (κ2) is 11.0. The number of hydrogen-bond acceptors (Lipinski definition) is 7. The summed E-state index contributed by atoms with van der Waals surface area (Å²) < 4.78 is 15.8. The SMILES string of the molecule is CCCCNC(=O)COC(=O)c1ccc(Oc2ccc(Cl)cc2[N+](=O)[O-])c(OC)c1. The van der Waals surface area contributed by atoms with E-state index in [1.165, 1.54) is 43.5 Å². The van der Waals surface area contributed by atoms with Crippen LogP contribution in [0, 0.1) is 10.1 Å². The Morgan fingerprint density at radius 3 is 2.53 bits per heavy atom. The Bertz CT molecular complexity index is 933. The first-order valence-corrected chi connectivity index (χ1v) is 9.47. The second-order valence-corrected chi connectivity index (χ2v) is 6.55. The smallest absolute Gasteiger partial charge is 0.338 e. The molecule has 9 nitrogen and oxygen atoms in total. The molecule has 2 rings (SSSR count). The number of benzene rings is 2. The Balaban J connectivity index is 2.11. The summed E-state index contributed by atoms with van der Waals surface area (Å²) in [7, 11) is 1.36. The predicted molar refractivity (Wildman–Crippen MR) is 109 cm³/mol. The van der Waals surface area contributed by atoms with E-state index in [0.717, 1.165) is 12.8 Å². The van der Waals surface area contributed by atoms with Crippen LogP contribution in [0.15, 0.2) is 36.4 Å². The van der Waals surface area contributed by atoms with E-state index in [1.807, 2.05) is 6.92 Å². The predicted octanol–water partition coefficient (Wildman–Crippen LogP) is 4.12. The number of carbonyl (C=O) groups excluding carboxylic acids is 2. The highest BCUT2D eigenvalue weighted by Gasteiger charge is 2.19. The van der Waals surface area contributed by atoms with Crippen LogP contribution in [0.4, 0.5) is 5.69 Å². The van der Waals surface area contributed by atoms with Crippen LogP contribution >= 0.6 is 11.6 Å². The Morgan fingerprint density at radius 1 is 1.13 bits per heavy atom. The van der Waals surface area contributed by atoms with Crippen LogP contribution in [0.3, 0.4) is 0 Å². The zero-order valence-corrected chi connectivity index (χ0v) is 17.2. The van der Waals surface area contributed by atoms with Gasteiger partial charge in [-0.3, -0.25) is 14.9 Å². The number of unbranched alkanes of at least 4 members (excludes halogenated alkanes) is 1. The fourth-order valence-electron chi connectivity index (χ4n) is 2.39. The van der Waals surface area contributed by atoms with Crippen LogP contribution in [0.5, 0.6) is 17.2 Å². The minimum atomic E-state index is -0.719. The average Bonchev–Trinajstić information content (AvgIpc) is 2.73. The lowest BCUT2D eigenvalue weighted by molar-refractivity contribution is -0.385. The zero-order valence-electron chi connectivity index (χ0n) is 16.5. The van der Waals surface area contributed by atoms with Crippen molar-refractivity contribution in [2.45, 2.75) is 19.8 Å². The van der Waals surface area contributed by atoms with Crippen molar-refractivity contribution in [1.82, 2.24) is 5.32 Å². The summed E-state index contributed by atoms with van der Waals surface area (Å²) >= 11 is 5.80. The minimum Gasteiger partial charge on any atom is -0.493 e. The van der Waals surface area contributed by atoms with Gasteiger partial charge >= 0.3 is 11.7 Å². The van der Waals surface area contributed by atoms with Crippen molar-refractivity contribution in [3.8, 4) is 17.2 Å². The summed E-state index contributed by atoms with van der Waals surface area (Å²) in [5.41, 5.74) is -0.187. The molecule has 0 aliphatic carbocycles. The Morgan fingerprint density at radius 2 is 1.87 bits per heavy atom. The fraction of sp³-hybridized carbons (Fsp3) is 0.300. The number of halogens is 1. The third-order valence-corrected chi connectivity index (χ3v) is 4.16. The number of carbonyl (C=O) groups is 2. The van der Waals surface area contributed by atoms with E-state index >= 15 is 0 Å². The number of nitrogens with zero attached hydrogens (tertiary/aromatic N) is 1. The van der Waals surface area contributed by atoms with E-state index in [0.29, 0.717) is 6.54 Å². The molecule has 1 amide bonds. The Kier molecular flexibility index (Phi) is 8.42. The van der Waals surface area contributed by atoms with Crippen LogP contribution in [0.25, 0.3) is 0 Å². The molecule has 0 fully saturated rings. The lowest BCUT2D eigenvalue weighted by Gasteiger charge is -2.12. The van der Waals surface area contributed by atoms with Crippen molar-refractivity contribution in [3.05, 3.63) is 57.1 Å². The van der Waals surface area contributed by atoms with Crippen LogP contribution in [-0.2, 0) is 9.53 Å². The number of amides is 1. The maximum atomic E-state index is 12.2. The average molecular weight is 437 g/mol. The molecule has 1 N–H and O–H groups in total. The van der Waals surface area contributed by atoms with Gasteiger partial charge in [0.1, 0.15) is 0 Å². The highest BCUT2D eigenvalue weighted by Crippen LogP contribution is 2.37. The molecule has 10 heteroatoms. The summed E-state index contributed by atoms with van der Waals surface area (Å²) in [5.74, 6) is -0.846. The number of nitro benzene ring substituents is 1. The van der Waals surface area contributed by atoms with Gasteiger partial charge in [0.05, 0.1) is 17.6 Å². The van der Waals surface area contributed by atoms with Gasteiger partial charge in [-0.05, 0) is 36.8 Å². The summed E-state index contributed by atoms with van der Waals surface area (Å²) in [6.45, 7) is 2.11. The molecule has 2 aromatic carbocycles. The van der Waals surface area contributed by atoms with Gasteiger partial charge < -0.3 is 19.5 Å². The van der Waals surface area contributed by atoms with Gasteiger partial charge in [-0.25, -0.2) is 4.79 Å². The molecule has 0 spiro atoms. The number of rotatable bonds is 10. The molecule has 0 atom stereocenters. The zero-order chi connectivity index (χ0) is 22.1. The molecule has 0 heterocycles. The Hall–Kier alpha value is -3.33. The number of hydrogen-bond donors (Lipinski definition) is 1. The number of nitrogens with one attached hydrogen (secondary N) is 1. The molecule has 0 saturated carbocycles. The molecule has 30 heavy (non-hydrogen) atoms. The van der Waals surface area contributed by atoms with Crippen molar-refractivity contribution < 1.29 is 28.7 Å². The second-order valence-electron chi connectivity index (χ2n) is 6.12. The summed E-state index contributed by atoms with van der Waals surface area (Å²) in [4.78, 5) is 34.4. The van der Waals surface area contributed by atoms with E-state index in [4.69, 9.17) is 25.8 Å². The summed E-state index contributed by atoms with van der Waals surface area (Å²) in [6, 6.07) is 8.15. The van der Waals surface area contributed by atoms with Crippen molar-refractivity contribution in [3.63, 3.8) is 0 Å². The van der Waals surface area contributed by atoms with E-state index < -0.39 is 23.4 Å². The quantitative estimate of drug-likeness (QED) is 0.257. The van der Waals surface area contributed by atoms with Gasteiger partial charge in [-0.1, -0.05) is 24.9 Å². The standard InChI is InChI=1S/C20H21ClN2O7/c1-3-4-9-22-19(24)12-29-20(25)13-5-7-17(18(10-13)28-2)30-16-8-6-14(21)11-15(16)23(26)27/h5-8,10-11H,3-4,9,12H2,1-2H3,(H,22,24). The molecular weight excluding hydrogens is 416 g/mol. The molecule has 2 aromatic rings. The molecule has 0 bridgehead atoms. The van der Waals surface area contributed by atoms with Gasteiger partial charge in [0.15, 0.2) is 18.1 Å². The van der Waals surface area contributed by atoms with Gasteiger partial charge in [0, 0.05) is 17.6 Å². The molecule has 0 aliphatic rings.